The van der Waals surface area contributed by atoms with Crippen molar-refractivity contribution in [1.29, 1.82) is 5.26 Å². The average molecular weight is 361 g/mol. The lowest BCUT2D eigenvalue weighted by atomic mass is 9.90. The summed E-state index contributed by atoms with van der Waals surface area (Å²) in [4.78, 5) is 26.6. The lowest BCUT2D eigenvalue weighted by Crippen LogP contribution is -2.47. The van der Waals surface area contributed by atoms with Gasteiger partial charge in [-0.15, -0.1) is 0 Å². The Hall–Kier alpha value is -3.13. The standard InChI is InChI=1S/C22H23N3O2/c23-14-11-20(26)25-15-12-19(13-16-25)24-22(27)21(17-7-3-1-4-8-17)18-9-5-2-6-10-18/h1-10,19,21H,11-13,15-16H2,(H,24,27). The number of carbonyl (C=O) groups is 2. The fourth-order valence-electron chi connectivity index (χ4n) is 3.52. The van der Waals surface area contributed by atoms with Gasteiger partial charge < -0.3 is 10.2 Å². The van der Waals surface area contributed by atoms with Crippen molar-refractivity contribution in [3.8, 4) is 6.07 Å². The third-order valence-electron chi connectivity index (χ3n) is 4.95. The number of piperidine rings is 1. The van der Waals surface area contributed by atoms with E-state index in [0.717, 1.165) is 11.1 Å². The molecule has 0 aromatic heterocycles. The Morgan fingerprint density at radius 3 is 2.00 bits per heavy atom. The first-order chi connectivity index (χ1) is 13.2. The van der Waals surface area contributed by atoms with Crippen LogP contribution in [0.25, 0.3) is 0 Å². The van der Waals surface area contributed by atoms with Crippen LogP contribution < -0.4 is 5.32 Å². The van der Waals surface area contributed by atoms with Gasteiger partial charge in [-0.2, -0.15) is 5.26 Å². The van der Waals surface area contributed by atoms with Gasteiger partial charge in [0.1, 0.15) is 6.42 Å². The van der Waals surface area contributed by atoms with E-state index in [-0.39, 0.29) is 30.2 Å². The molecule has 0 atom stereocenters. The second-order valence-corrected chi connectivity index (χ2v) is 6.75. The van der Waals surface area contributed by atoms with Crippen LogP contribution >= 0.6 is 0 Å². The molecule has 2 amide bonds. The van der Waals surface area contributed by atoms with Gasteiger partial charge >= 0.3 is 0 Å². The van der Waals surface area contributed by atoms with Crippen LogP contribution in [-0.4, -0.2) is 35.8 Å². The Balaban J connectivity index is 1.68. The van der Waals surface area contributed by atoms with Crippen molar-refractivity contribution in [2.45, 2.75) is 31.2 Å². The Labute approximate surface area is 159 Å². The number of hydrogen-bond donors (Lipinski definition) is 1. The first-order valence-corrected chi connectivity index (χ1v) is 9.24. The van der Waals surface area contributed by atoms with Gasteiger partial charge in [-0.05, 0) is 24.0 Å². The molecule has 1 N–H and O–H groups in total. The summed E-state index contributed by atoms with van der Waals surface area (Å²) < 4.78 is 0. The molecule has 1 saturated heterocycles. The molecular weight excluding hydrogens is 338 g/mol. The molecule has 1 heterocycles. The second-order valence-electron chi connectivity index (χ2n) is 6.75. The van der Waals surface area contributed by atoms with Gasteiger partial charge in [-0.3, -0.25) is 9.59 Å². The van der Waals surface area contributed by atoms with Crippen LogP contribution in [-0.2, 0) is 9.59 Å². The summed E-state index contributed by atoms with van der Waals surface area (Å²) in [7, 11) is 0. The van der Waals surface area contributed by atoms with Crippen molar-refractivity contribution in [2.24, 2.45) is 0 Å². The van der Waals surface area contributed by atoms with E-state index in [9.17, 15) is 9.59 Å². The Morgan fingerprint density at radius 2 is 1.52 bits per heavy atom. The van der Waals surface area contributed by atoms with E-state index in [0.29, 0.717) is 25.9 Å². The predicted molar refractivity (Wildman–Crippen MR) is 103 cm³/mol. The van der Waals surface area contributed by atoms with E-state index >= 15 is 0 Å². The fourth-order valence-corrected chi connectivity index (χ4v) is 3.52. The third-order valence-corrected chi connectivity index (χ3v) is 4.95. The van der Waals surface area contributed by atoms with Gasteiger partial charge in [-0.25, -0.2) is 0 Å². The summed E-state index contributed by atoms with van der Waals surface area (Å²) in [6.07, 6.45) is 1.33. The molecule has 1 fully saturated rings. The van der Waals surface area contributed by atoms with Crippen molar-refractivity contribution < 1.29 is 9.59 Å². The zero-order valence-corrected chi connectivity index (χ0v) is 15.2. The molecule has 138 valence electrons. The Morgan fingerprint density at radius 1 is 1.00 bits per heavy atom. The molecule has 0 radical (unpaired) electrons. The smallest absolute Gasteiger partial charge is 0.236 e. The van der Waals surface area contributed by atoms with Gasteiger partial charge in [0.05, 0.1) is 12.0 Å². The molecule has 0 saturated carbocycles. The van der Waals surface area contributed by atoms with Crippen LogP contribution in [0.3, 0.4) is 0 Å². The summed E-state index contributed by atoms with van der Waals surface area (Å²) in [5, 5.41) is 11.8. The molecule has 0 aliphatic carbocycles. The van der Waals surface area contributed by atoms with Crippen LogP contribution in [0, 0.1) is 11.3 Å². The second kappa shape index (κ2) is 9.00. The molecule has 5 heteroatoms. The van der Waals surface area contributed by atoms with E-state index < -0.39 is 0 Å². The molecule has 3 rings (SSSR count). The first kappa shape index (κ1) is 18.7. The normalized spacial score (nSPS) is 14.6. The minimum absolute atomic E-state index is 0.0193. The molecule has 1 aliphatic heterocycles. The van der Waals surface area contributed by atoms with Gasteiger partial charge in [0, 0.05) is 19.1 Å². The molecule has 0 bridgehead atoms. The molecule has 1 aliphatic rings. The zero-order chi connectivity index (χ0) is 19.1. The highest BCUT2D eigenvalue weighted by Crippen LogP contribution is 2.25. The lowest BCUT2D eigenvalue weighted by Gasteiger charge is -2.33. The SMILES string of the molecule is N#CCC(=O)N1CCC(NC(=O)C(c2ccccc2)c2ccccc2)CC1. The number of nitrogens with one attached hydrogen (secondary N) is 1. The fraction of sp³-hybridized carbons (Fsp3) is 0.318. The van der Waals surface area contributed by atoms with E-state index in [1.807, 2.05) is 66.7 Å². The number of nitrogens with zero attached hydrogens (tertiary/aromatic N) is 2. The minimum atomic E-state index is -0.356. The third kappa shape index (κ3) is 4.73. The quantitative estimate of drug-likeness (QED) is 0.890. The van der Waals surface area contributed by atoms with Crippen LogP contribution in [0.15, 0.2) is 60.7 Å². The topological polar surface area (TPSA) is 73.2 Å². The summed E-state index contributed by atoms with van der Waals surface area (Å²) in [5.74, 6) is -0.506. The predicted octanol–water partition coefficient (Wildman–Crippen LogP) is 2.84. The number of carbonyl (C=O) groups excluding carboxylic acids is 2. The molecule has 0 unspecified atom stereocenters. The van der Waals surface area contributed by atoms with E-state index in [1.165, 1.54) is 0 Å². The van der Waals surface area contributed by atoms with E-state index in [2.05, 4.69) is 5.32 Å². The summed E-state index contributed by atoms with van der Waals surface area (Å²) in [6.45, 7) is 1.15. The van der Waals surface area contributed by atoms with Crippen molar-refractivity contribution in [1.82, 2.24) is 10.2 Å². The highest BCUT2D eigenvalue weighted by atomic mass is 16.2. The number of hydrogen-bond acceptors (Lipinski definition) is 3. The summed E-state index contributed by atoms with van der Waals surface area (Å²) in [6, 6.07) is 21.5. The molecule has 2 aromatic carbocycles. The molecular formula is C22H23N3O2. The number of rotatable bonds is 5. The summed E-state index contributed by atoms with van der Waals surface area (Å²) >= 11 is 0. The van der Waals surface area contributed by atoms with E-state index in [4.69, 9.17) is 5.26 Å². The monoisotopic (exact) mass is 361 g/mol. The number of amides is 2. The van der Waals surface area contributed by atoms with Crippen LogP contribution in [0.5, 0.6) is 0 Å². The van der Waals surface area contributed by atoms with Crippen LogP contribution in [0.1, 0.15) is 36.3 Å². The van der Waals surface area contributed by atoms with Gasteiger partial charge in [-0.1, -0.05) is 60.7 Å². The maximum absolute atomic E-state index is 13.1. The lowest BCUT2D eigenvalue weighted by molar-refractivity contribution is -0.131. The zero-order valence-electron chi connectivity index (χ0n) is 15.2. The van der Waals surface area contributed by atoms with Crippen molar-refractivity contribution in [2.75, 3.05) is 13.1 Å². The van der Waals surface area contributed by atoms with Crippen molar-refractivity contribution in [3.63, 3.8) is 0 Å². The number of likely N-dealkylation sites (tertiary alicyclic amines) is 1. The number of benzene rings is 2. The average Bonchev–Trinajstić information content (AvgIpc) is 2.70. The van der Waals surface area contributed by atoms with Crippen LogP contribution in [0.2, 0.25) is 0 Å². The van der Waals surface area contributed by atoms with Gasteiger partial charge in [0.2, 0.25) is 11.8 Å². The highest BCUT2D eigenvalue weighted by Gasteiger charge is 2.28. The Kier molecular flexibility index (Phi) is 6.22. The Bertz CT molecular complexity index is 767. The summed E-state index contributed by atoms with van der Waals surface area (Å²) in [5.41, 5.74) is 1.92. The largest absolute Gasteiger partial charge is 0.352 e. The minimum Gasteiger partial charge on any atom is -0.352 e. The molecule has 27 heavy (non-hydrogen) atoms. The molecule has 5 nitrogen and oxygen atoms in total. The number of nitriles is 1. The molecule has 0 spiro atoms. The molecule has 2 aromatic rings. The highest BCUT2D eigenvalue weighted by molar-refractivity contribution is 5.87. The first-order valence-electron chi connectivity index (χ1n) is 9.24. The maximum atomic E-state index is 13.1. The van der Waals surface area contributed by atoms with Crippen LogP contribution in [0.4, 0.5) is 0 Å². The van der Waals surface area contributed by atoms with Crippen molar-refractivity contribution in [3.05, 3.63) is 71.8 Å². The van der Waals surface area contributed by atoms with Gasteiger partial charge in [0.15, 0.2) is 0 Å². The maximum Gasteiger partial charge on any atom is 0.236 e. The van der Waals surface area contributed by atoms with E-state index in [1.54, 1.807) is 4.90 Å². The van der Waals surface area contributed by atoms with Gasteiger partial charge in [0.25, 0.3) is 0 Å². The van der Waals surface area contributed by atoms with Crippen molar-refractivity contribution >= 4 is 11.8 Å².